The molecule has 51 heavy (non-hydrogen) atoms. The zero-order chi connectivity index (χ0) is 37.0. The van der Waals surface area contributed by atoms with Crippen LogP contribution in [0.15, 0.2) is 48.5 Å². The Morgan fingerprint density at radius 2 is 0.686 bits per heavy atom. The molecule has 0 saturated heterocycles. The lowest BCUT2D eigenvalue weighted by molar-refractivity contribution is 0.161. The Kier molecular flexibility index (Phi) is 10.0. The number of phenols is 4. The average molecular weight is 689 g/mol. The number of hydrogen-bond donors (Lipinski definition) is 4. The van der Waals surface area contributed by atoms with Crippen LogP contribution in [0.25, 0.3) is 0 Å². The molecule has 1 atom stereocenters. The molecule has 2 aliphatic rings. The summed E-state index contributed by atoms with van der Waals surface area (Å²) in [6.45, 7) is 18.5. The Morgan fingerprint density at radius 1 is 0.451 bits per heavy atom. The minimum atomic E-state index is -0.145. The van der Waals surface area contributed by atoms with E-state index < -0.39 is 0 Å². The van der Waals surface area contributed by atoms with Gasteiger partial charge >= 0.3 is 0 Å². The van der Waals surface area contributed by atoms with E-state index in [0.717, 1.165) is 95.9 Å². The largest absolute Gasteiger partial charge is 0.507 e. The number of rotatable bonds is 7. The maximum atomic E-state index is 10.7. The molecule has 6 rings (SSSR count). The van der Waals surface area contributed by atoms with Crippen LogP contribution in [-0.4, -0.2) is 20.4 Å². The third-order valence-electron chi connectivity index (χ3n) is 13.5. The van der Waals surface area contributed by atoms with Gasteiger partial charge in [0.05, 0.1) is 0 Å². The smallest absolute Gasteiger partial charge is 0.121 e. The molecule has 0 aliphatic heterocycles. The molecule has 2 saturated carbocycles. The molecule has 4 N–H and O–H groups in total. The second-order valence-electron chi connectivity index (χ2n) is 17.0. The summed E-state index contributed by atoms with van der Waals surface area (Å²) in [5, 5.41) is 42.6. The molecule has 2 fully saturated rings. The summed E-state index contributed by atoms with van der Waals surface area (Å²) in [4.78, 5) is 0. The first kappa shape index (κ1) is 36.9. The van der Waals surface area contributed by atoms with Gasteiger partial charge in [0, 0.05) is 10.8 Å². The molecule has 0 radical (unpaired) electrons. The molecule has 2 aliphatic carbocycles. The lowest BCUT2D eigenvalue weighted by Gasteiger charge is -2.45. The Morgan fingerprint density at radius 3 is 0.941 bits per heavy atom. The standard InChI is InChI=1S/C47H60O4/c1-27(37-12-16-47(17-13-37,40-23-32(6)44(50)33(7)24-40)41-25-34(8)45(51)35(9)26-41)18-36-10-14-46(15-11-36,38-19-28(2)42(48)29(3)20-38)39-21-30(4)43(49)31(5)22-39/h19-27,36-37,48-51H,10-18H2,1-9H3. The second kappa shape index (κ2) is 13.9. The van der Waals surface area contributed by atoms with Crippen LogP contribution >= 0.6 is 0 Å². The maximum Gasteiger partial charge on any atom is 0.121 e. The Labute approximate surface area is 306 Å². The molecule has 4 aromatic carbocycles. The molecule has 0 spiro atoms. The van der Waals surface area contributed by atoms with Gasteiger partial charge < -0.3 is 20.4 Å². The van der Waals surface area contributed by atoms with Crippen molar-refractivity contribution >= 4 is 0 Å². The highest BCUT2D eigenvalue weighted by Crippen LogP contribution is 2.53. The second-order valence-corrected chi connectivity index (χ2v) is 17.0. The fourth-order valence-corrected chi connectivity index (χ4v) is 10.2. The molecule has 0 heterocycles. The van der Waals surface area contributed by atoms with E-state index in [-0.39, 0.29) is 10.8 Å². The van der Waals surface area contributed by atoms with Crippen molar-refractivity contribution < 1.29 is 20.4 Å². The number of phenolic OH excluding ortho intramolecular Hbond substituents is 4. The Balaban J connectivity index is 1.22. The predicted molar refractivity (Wildman–Crippen MR) is 210 cm³/mol. The molecule has 1 unspecified atom stereocenters. The summed E-state index contributed by atoms with van der Waals surface area (Å²) in [7, 11) is 0. The maximum absolute atomic E-state index is 10.7. The zero-order valence-corrected chi connectivity index (χ0v) is 32.5. The summed E-state index contributed by atoms with van der Waals surface area (Å²) in [6.07, 6.45) is 10.1. The minimum absolute atomic E-state index is 0.141. The van der Waals surface area contributed by atoms with Gasteiger partial charge in [-0.3, -0.25) is 0 Å². The van der Waals surface area contributed by atoms with Crippen molar-refractivity contribution in [2.75, 3.05) is 0 Å². The van der Waals surface area contributed by atoms with Crippen molar-refractivity contribution in [2.24, 2.45) is 17.8 Å². The fraction of sp³-hybridized carbons (Fsp3) is 0.489. The van der Waals surface area contributed by atoms with Gasteiger partial charge in [-0.05, 0) is 198 Å². The average Bonchev–Trinajstić information content (AvgIpc) is 3.10. The lowest BCUT2D eigenvalue weighted by atomic mass is 9.59. The van der Waals surface area contributed by atoms with Gasteiger partial charge in [-0.1, -0.05) is 55.5 Å². The SMILES string of the molecule is Cc1cc(C2(c3cc(C)c(O)c(C)c3)CCC(CC(C)C3CCC(c4cc(C)c(O)c(C)c4)(c4cc(C)c(O)c(C)c4)CC3)CC2)cc(C)c1O. The summed E-state index contributed by atoms with van der Waals surface area (Å²) in [5.74, 6) is 3.50. The third kappa shape index (κ3) is 6.64. The van der Waals surface area contributed by atoms with E-state index in [4.69, 9.17) is 0 Å². The Bertz CT molecular complexity index is 1720. The number of hydrogen-bond acceptors (Lipinski definition) is 4. The molecule has 0 bridgehead atoms. The quantitative estimate of drug-likeness (QED) is 0.156. The van der Waals surface area contributed by atoms with Crippen molar-refractivity contribution in [3.8, 4) is 23.0 Å². The summed E-state index contributed by atoms with van der Waals surface area (Å²) in [6, 6.07) is 17.6. The van der Waals surface area contributed by atoms with E-state index in [1.165, 1.54) is 28.7 Å². The summed E-state index contributed by atoms with van der Waals surface area (Å²) >= 11 is 0. The van der Waals surface area contributed by atoms with Crippen LogP contribution in [0.5, 0.6) is 23.0 Å². The first-order chi connectivity index (χ1) is 24.1. The lowest BCUT2D eigenvalue weighted by Crippen LogP contribution is -2.36. The van der Waals surface area contributed by atoms with Crippen LogP contribution in [0, 0.1) is 73.1 Å². The molecular weight excluding hydrogens is 629 g/mol. The van der Waals surface area contributed by atoms with Crippen LogP contribution in [0.2, 0.25) is 0 Å². The number of aromatic hydroxyl groups is 4. The fourth-order valence-electron chi connectivity index (χ4n) is 10.2. The van der Waals surface area contributed by atoms with Gasteiger partial charge in [0.15, 0.2) is 0 Å². The molecule has 0 amide bonds. The van der Waals surface area contributed by atoms with E-state index in [0.29, 0.717) is 40.8 Å². The molecule has 0 aromatic heterocycles. The monoisotopic (exact) mass is 688 g/mol. The number of benzene rings is 4. The van der Waals surface area contributed by atoms with E-state index in [9.17, 15) is 20.4 Å². The molecule has 4 aromatic rings. The predicted octanol–water partition coefficient (Wildman–Crippen LogP) is 11.7. The van der Waals surface area contributed by atoms with E-state index in [1.807, 2.05) is 55.4 Å². The van der Waals surface area contributed by atoms with Crippen molar-refractivity contribution in [1.29, 1.82) is 0 Å². The van der Waals surface area contributed by atoms with Crippen LogP contribution in [-0.2, 0) is 10.8 Å². The van der Waals surface area contributed by atoms with Gasteiger partial charge in [0.25, 0.3) is 0 Å². The van der Waals surface area contributed by atoms with Crippen LogP contribution in [0.4, 0.5) is 0 Å². The summed E-state index contributed by atoms with van der Waals surface area (Å²) < 4.78 is 0. The van der Waals surface area contributed by atoms with Gasteiger partial charge in [-0.2, -0.15) is 0 Å². The highest BCUT2D eigenvalue weighted by Gasteiger charge is 2.43. The van der Waals surface area contributed by atoms with E-state index >= 15 is 0 Å². The first-order valence-corrected chi connectivity index (χ1v) is 19.3. The zero-order valence-electron chi connectivity index (χ0n) is 32.5. The van der Waals surface area contributed by atoms with Crippen LogP contribution < -0.4 is 0 Å². The van der Waals surface area contributed by atoms with Gasteiger partial charge in [-0.15, -0.1) is 0 Å². The first-order valence-electron chi connectivity index (χ1n) is 19.3. The van der Waals surface area contributed by atoms with Gasteiger partial charge in [-0.25, -0.2) is 0 Å². The van der Waals surface area contributed by atoms with Crippen LogP contribution in [0.3, 0.4) is 0 Å². The summed E-state index contributed by atoms with van der Waals surface area (Å²) in [5.41, 5.74) is 12.3. The van der Waals surface area contributed by atoms with Crippen LogP contribution in [0.1, 0.15) is 131 Å². The van der Waals surface area contributed by atoms with E-state index in [1.54, 1.807) is 0 Å². The van der Waals surface area contributed by atoms with Gasteiger partial charge in [0.2, 0.25) is 0 Å². The number of aryl methyl sites for hydroxylation is 8. The molecule has 272 valence electrons. The van der Waals surface area contributed by atoms with Crippen molar-refractivity contribution in [2.45, 2.75) is 131 Å². The van der Waals surface area contributed by atoms with Crippen molar-refractivity contribution in [1.82, 2.24) is 0 Å². The Hall–Kier alpha value is -3.92. The highest BCUT2D eigenvalue weighted by atomic mass is 16.3. The third-order valence-corrected chi connectivity index (χ3v) is 13.5. The van der Waals surface area contributed by atoms with Gasteiger partial charge in [0.1, 0.15) is 23.0 Å². The molecule has 4 heteroatoms. The van der Waals surface area contributed by atoms with Crippen molar-refractivity contribution in [3.63, 3.8) is 0 Å². The van der Waals surface area contributed by atoms with E-state index in [2.05, 4.69) is 55.5 Å². The molecule has 4 nitrogen and oxygen atoms in total. The normalized spacial score (nSPS) is 18.5. The highest BCUT2D eigenvalue weighted by molar-refractivity contribution is 5.54. The van der Waals surface area contributed by atoms with Crippen molar-refractivity contribution in [3.05, 3.63) is 115 Å². The minimum Gasteiger partial charge on any atom is -0.507 e. The topological polar surface area (TPSA) is 80.9 Å². The molecular formula is C47H60O4.